The predicted molar refractivity (Wildman–Crippen MR) is 106 cm³/mol. The van der Waals surface area contributed by atoms with Crippen LogP contribution in [0.25, 0.3) is 5.69 Å². The monoisotopic (exact) mass is 395 g/mol. The van der Waals surface area contributed by atoms with Crippen LogP contribution in [-0.2, 0) is 11.2 Å². The molecule has 1 aromatic heterocycles. The largest absolute Gasteiger partial charge is 0.508 e. The number of thioether (sulfide) groups is 1. The van der Waals surface area contributed by atoms with E-state index in [0.29, 0.717) is 5.16 Å². The molecule has 1 heterocycles. The molecule has 3 aromatic rings. The van der Waals surface area contributed by atoms with E-state index < -0.39 is 0 Å². The first kappa shape index (κ1) is 18.5. The standard InChI is InChI=1S/C20H21N5O2S/c1-24(18-8-4-6-14-5-2-3-7-17(14)18)19(27)13-28-20-21-22-23-25(20)15-9-11-16(26)12-10-15/h2-3,5,7,9-12,18,26H,4,6,8,13H2,1H3. The Balaban J connectivity index is 1.44. The maximum absolute atomic E-state index is 12.8. The average Bonchev–Trinajstić information content (AvgIpc) is 3.20. The van der Waals surface area contributed by atoms with Gasteiger partial charge in [0.2, 0.25) is 11.1 Å². The molecule has 7 nitrogen and oxygen atoms in total. The van der Waals surface area contributed by atoms with Gasteiger partial charge in [0.05, 0.1) is 17.5 Å². The fourth-order valence-corrected chi connectivity index (χ4v) is 4.37. The molecule has 8 heteroatoms. The highest BCUT2D eigenvalue weighted by molar-refractivity contribution is 7.99. The lowest BCUT2D eigenvalue weighted by molar-refractivity contribution is -0.129. The summed E-state index contributed by atoms with van der Waals surface area (Å²) in [4.78, 5) is 14.7. The van der Waals surface area contributed by atoms with E-state index in [0.717, 1.165) is 24.9 Å². The van der Waals surface area contributed by atoms with Crippen LogP contribution in [0, 0.1) is 0 Å². The van der Waals surface area contributed by atoms with Gasteiger partial charge in [0.1, 0.15) is 5.75 Å². The number of phenolic OH excluding ortho intramolecular Hbond substituents is 1. The predicted octanol–water partition coefficient (Wildman–Crippen LogP) is 3.00. The van der Waals surface area contributed by atoms with Gasteiger partial charge in [-0.1, -0.05) is 36.0 Å². The molecule has 0 aliphatic heterocycles. The van der Waals surface area contributed by atoms with E-state index in [4.69, 9.17) is 0 Å². The lowest BCUT2D eigenvalue weighted by atomic mass is 9.87. The van der Waals surface area contributed by atoms with Gasteiger partial charge in [0.15, 0.2) is 0 Å². The van der Waals surface area contributed by atoms with Gasteiger partial charge in [-0.05, 0) is 65.1 Å². The molecule has 1 unspecified atom stereocenters. The van der Waals surface area contributed by atoms with E-state index in [1.165, 1.54) is 22.9 Å². The van der Waals surface area contributed by atoms with Gasteiger partial charge in [-0.25, -0.2) is 0 Å². The van der Waals surface area contributed by atoms with Crippen molar-refractivity contribution in [3.8, 4) is 11.4 Å². The highest BCUT2D eigenvalue weighted by Crippen LogP contribution is 2.34. The summed E-state index contributed by atoms with van der Waals surface area (Å²) in [7, 11) is 1.87. The molecule has 0 bridgehead atoms. The van der Waals surface area contributed by atoms with Crippen molar-refractivity contribution >= 4 is 17.7 Å². The van der Waals surface area contributed by atoms with E-state index in [1.807, 2.05) is 18.0 Å². The van der Waals surface area contributed by atoms with Crippen LogP contribution in [0.5, 0.6) is 5.75 Å². The molecule has 1 aliphatic carbocycles. The lowest BCUT2D eigenvalue weighted by Gasteiger charge is -2.33. The van der Waals surface area contributed by atoms with Crippen molar-refractivity contribution in [1.29, 1.82) is 0 Å². The fourth-order valence-electron chi connectivity index (χ4n) is 3.56. The summed E-state index contributed by atoms with van der Waals surface area (Å²) >= 11 is 1.31. The molecule has 1 amide bonds. The number of fused-ring (bicyclic) bond motifs is 1. The Morgan fingerprint density at radius 3 is 2.86 bits per heavy atom. The van der Waals surface area contributed by atoms with Crippen LogP contribution in [0.1, 0.15) is 30.0 Å². The number of aryl methyl sites for hydroxylation is 1. The second-order valence-corrected chi connectivity index (χ2v) is 7.73. The number of carbonyl (C=O) groups is 1. The summed E-state index contributed by atoms with van der Waals surface area (Å²) in [6.07, 6.45) is 3.14. The molecular formula is C20H21N5O2S. The molecule has 28 heavy (non-hydrogen) atoms. The number of nitrogens with zero attached hydrogens (tertiary/aromatic N) is 5. The van der Waals surface area contributed by atoms with Crippen LogP contribution < -0.4 is 0 Å². The second kappa shape index (κ2) is 8.02. The van der Waals surface area contributed by atoms with E-state index in [9.17, 15) is 9.90 Å². The Morgan fingerprint density at radius 2 is 2.04 bits per heavy atom. The molecule has 0 radical (unpaired) electrons. The number of hydrogen-bond acceptors (Lipinski definition) is 6. The SMILES string of the molecule is CN(C(=O)CSc1nnnn1-c1ccc(O)cc1)C1CCCc2ccccc21. The van der Waals surface area contributed by atoms with Crippen LogP contribution in [0.2, 0.25) is 0 Å². The van der Waals surface area contributed by atoms with Gasteiger partial charge in [-0.3, -0.25) is 4.79 Å². The summed E-state index contributed by atoms with van der Waals surface area (Å²) in [5, 5.41) is 21.7. The van der Waals surface area contributed by atoms with Crippen molar-refractivity contribution in [2.45, 2.75) is 30.5 Å². The Hall–Kier alpha value is -2.87. The third-order valence-corrected chi connectivity index (χ3v) is 5.96. The number of aromatic nitrogens is 4. The minimum absolute atomic E-state index is 0.0481. The van der Waals surface area contributed by atoms with Crippen LogP contribution in [0.3, 0.4) is 0 Å². The Morgan fingerprint density at radius 1 is 1.25 bits per heavy atom. The van der Waals surface area contributed by atoms with E-state index in [2.05, 4.69) is 33.7 Å². The number of rotatable bonds is 5. The molecule has 0 saturated carbocycles. The van der Waals surface area contributed by atoms with Gasteiger partial charge in [-0.15, -0.1) is 5.10 Å². The van der Waals surface area contributed by atoms with Gasteiger partial charge in [-0.2, -0.15) is 4.68 Å². The van der Waals surface area contributed by atoms with Crippen molar-refractivity contribution < 1.29 is 9.90 Å². The van der Waals surface area contributed by atoms with Crippen LogP contribution in [0.15, 0.2) is 53.7 Å². The Labute approximate surface area is 167 Å². The average molecular weight is 395 g/mol. The smallest absolute Gasteiger partial charge is 0.233 e. The molecule has 1 N–H and O–H groups in total. The number of hydrogen-bond donors (Lipinski definition) is 1. The Bertz CT molecular complexity index is 973. The van der Waals surface area contributed by atoms with Gasteiger partial charge >= 0.3 is 0 Å². The zero-order valence-corrected chi connectivity index (χ0v) is 16.3. The number of aromatic hydroxyl groups is 1. The summed E-state index contributed by atoms with van der Waals surface area (Å²) < 4.78 is 1.56. The first-order valence-electron chi connectivity index (χ1n) is 9.17. The minimum atomic E-state index is 0.0481. The van der Waals surface area contributed by atoms with Gasteiger partial charge in [0.25, 0.3) is 0 Å². The molecular weight excluding hydrogens is 374 g/mol. The molecule has 4 rings (SSSR count). The molecule has 0 fully saturated rings. The van der Waals surface area contributed by atoms with Gasteiger partial charge in [0, 0.05) is 7.05 Å². The maximum Gasteiger partial charge on any atom is 0.233 e. The number of phenols is 1. The first-order valence-corrected chi connectivity index (χ1v) is 10.2. The van der Waals surface area contributed by atoms with Crippen molar-refractivity contribution in [3.63, 3.8) is 0 Å². The highest BCUT2D eigenvalue weighted by Gasteiger charge is 2.26. The number of amides is 1. The second-order valence-electron chi connectivity index (χ2n) is 6.79. The fraction of sp³-hybridized carbons (Fsp3) is 0.300. The number of carbonyl (C=O) groups excluding carboxylic acids is 1. The van der Waals surface area contributed by atoms with Crippen LogP contribution in [-0.4, -0.2) is 48.9 Å². The van der Waals surface area contributed by atoms with Crippen molar-refractivity contribution in [2.24, 2.45) is 0 Å². The summed E-state index contributed by atoms with van der Waals surface area (Å²) in [6.45, 7) is 0. The normalized spacial score (nSPS) is 15.8. The molecule has 1 atom stereocenters. The molecule has 0 saturated heterocycles. The zero-order chi connectivity index (χ0) is 19.5. The lowest BCUT2D eigenvalue weighted by Crippen LogP contribution is -2.34. The van der Waals surface area contributed by atoms with E-state index in [-0.39, 0.29) is 23.5 Å². The van der Waals surface area contributed by atoms with E-state index in [1.54, 1.807) is 28.9 Å². The summed E-state index contributed by atoms with van der Waals surface area (Å²) in [6, 6.07) is 15.1. The number of tetrazole rings is 1. The van der Waals surface area contributed by atoms with Crippen molar-refractivity contribution in [1.82, 2.24) is 25.1 Å². The molecule has 144 valence electrons. The summed E-state index contributed by atoms with van der Waals surface area (Å²) in [5.74, 6) is 0.482. The van der Waals surface area contributed by atoms with Crippen LogP contribution in [0.4, 0.5) is 0 Å². The first-order chi connectivity index (χ1) is 13.6. The van der Waals surface area contributed by atoms with Crippen LogP contribution >= 0.6 is 11.8 Å². The highest BCUT2D eigenvalue weighted by atomic mass is 32.2. The van der Waals surface area contributed by atoms with Crippen molar-refractivity contribution in [2.75, 3.05) is 12.8 Å². The zero-order valence-electron chi connectivity index (χ0n) is 15.5. The Kier molecular flexibility index (Phi) is 5.29. The van der Waals surface area contributed by atoms with Crippen molar-refractivity contribution in [3.05, 3.63) is 59.7 Å². The third-order valence-electron chi connectivity index (χ3n) is 5.06. The minimum Gasteiger partial charge on any atom is -0.508 e. The third kappa shape index (κ3) is 3.73. The summed E-state index contributed by atoms with van der Waals surface area (Å²) in [5.41, 5.74) is 3.32. The maximum atomic E-state index is 12.8. The molecule has 1 aliphatic rings. The quantitative estimate of drug-likeness (QED) is 0.669. The number of benzene rings is 2. The topological polar surface area (TPSA) is 84.1 Å². The molecule has 0 spiro atoms. The van der Waals surface area contributed by atoms with E-state index >= 15 is 0 Å². The van der Waals surface area contributed by atoms with Gasteiger partial charge < -0.3 is 10.0 Å². The molecule has 2 aromatic carbocycles.